The molecule has 42 heavy (non-hydrogen) atoms. The zero-order valence-corrected chi connectivity index (χ0v) is 23.9. The van der Waals surface area contributed by atoms with Gasteiger partial charge in [0.15, 0.2) is 11.5 Å². The molecule has 4 aromatic rings. The van der Waals surface area contributed by atoms with Crippen LogP contribution in [0, 0.1) is 15.9 Å². The average Bonchev–Trinajstić information content (AvgIpc) is 3.44. The number of nitro groups is 1. The summed E-state index contributed by atoms with van der Waals surface area (Å²) >= 11 is 3.24. The van der Waals surface area contributed by atoms with Gasteiger partial charge in [-0.05, 0) is 29.2 Å². The van der Waals surface area contributed by atoms with Crippen molar-refractivity contribution in [1.82, 2.24) is 30.0 Å². The molecule has 0 aliphatic rings. The van der Waals surface area contributed by atoms with Gasteiger partial charge in [0.25, 0.3) is 0 Å². The number of halogens is 2. The van der Waals surface area contributed by atoms with E-state index in [-0.39, 0.29) is 44.5 Å². The van der Waals surface area contributed by atoms with Crippen molar-refractivity contribution >= 4 is 50.2 Å². The number of ether oxygens (including phenoxy) is 4. The molecule has 2 aromatic heterocycles. The van der Waals surface area contributed by atoms with Crippen molar-refractivity contribution in [2.75, 3.05) is 52.0 Å². The quantitative estimate of drug-likeness (QED) is 0.103. The van der Waals surface area contributed by atoms with Crippen LogP contribution in [0.5, 0.6) is 11.5 Å². The maximum absolute atomic E-state index is 14.3. The molecule has 15 nitrogen and oxygen atoms in total. The van der Waals surface area contributed by atoms with E-state index >= 15 is 0 Å². The first-order valence-electron chi connectivity index (χ1n) is 12.5. The number of hydrogen-bond donors (Lipinski definition) is 2. The lowest BCUT2D eigenvalue weighted by Crippen LogP contribution is -2.31. The lowest BCUT2D eigenvalue weighted by molar-refractivity contribution is -0.394. The number of nitrogens with one attached hydrogen (secondary N) is 2. The van der Waals surface area contributed by atoms with Crippen molar-refractivity contribution < 1.29 is 33.1 Å². The van der Waals surface area contributed by atoms with Crippen LogP contribution >= 0.6 is 15.9 Å². The van der Waals surface area contributed by atoms with Crippen LogP contribution in [0.3, 0.4) is 0 Å². The molecular weight excluding hydrogens is 623 g/mol. The summed E-state index contributed by atoms with van der Waals surface area (Å²) in [5, 5.41) is 20.4. The molecule has 2 aromatic carbocycles. The van der Waals surface area contributed by atoms with Crippen LogP contribution in [-0.4, -0.2) is 82.3 Å². The summed E-state index contributed by atoms with van der Waals surface area (Å²) in [6.07, 6.45) is 2.49. The Balaban J connectivity index is 1.15. The van der Waals surface area contributed by atoms with Crippen LogP contribution in [-0.2, 0) is 20.8 Å². The molecule has 0 aliphatic carbocycles. The summed E-state index contributed by atoms with van der Waals surface area (Å²) < 4.78 is 38.3. The van der Waals surface area contributed by atoms with Gasteiger partial charge in [0.2, 0.25) is 12.2 Å². The third-order valence-corrected chi connectivity index (χ3v) is 6.02. The first-order chi connectivity index (χ1) is 20.3. The highest BCUT2D eigenvalue weighted by atomic mass is 79.9. The first kappa shape index (κ1) is 30.5. The number of hydrogen-bond acceptors (Lipinski definition) is 12. The molecule has 17 heteroatoms. The molecule has 0 radical (unpaired) electrons. The van der Waals surface area contributed by atoms with E-state index in [9.17, 15) is 19.3 Å². The fourth-order valence-electron chi connectivity index (χ4n) is 3.60. The predicted octanol–water partition coefficient (Wildman–Crippen LogP) is 3.01. The monoisotopic (exact) mass is 648 g/mol. The number of methoxy groups -OCH3 is 1. The van der Waals surface area contributed by atoms with Crippen LogP contribution in [0.2, 0.25) is 0 Å². The third-order valence-electron chi connectivity index (χ3n) is 5.52. The summed E-state index contributed by atoms with van der Waals surface area (Å²) in [5.74, 6) is -0.0644. The van der Waals surface area contributed by atoms with E-state index < -0.39 is 16.7 Å². The normalized spacial score (nSPS) is 10.9. The van der Waals surface area contributed by atoms with E-state index in [1.807, 2.05) is 0 Å². The standard InChI is InChI=1S/C25H26BrFN8O7/c1-39-21-11-17-20(29-14-30-24(17)32-19-3-2-16(26)10-18(19)27)12-22(21)42-9-8-41-7-6-40-5-4-28-23(36)13-34-15-31-25(33-34)35(37)38/h2-3,10-12,14-15H,4-9,13H2,1H3,(H,28,36)(H,29,30,32). The van der Waals surface area contributed by atoms with E-state index in [0.29, 0.717) is 45.9 Å². The number of anilines is 2. The highest BCUT2D eigenvalue weighted by molar-refractivity contribution is 9.10. The molecule has 222 valence electrons. The molecule has 0 unspecified atom stereocenters. The van der Waals surface area contributed by atoms with Crippen LogP contribution < -0.4 is 20.1 Å². The van der Waals surface area contributed by atoms with E-state index in [1.54, 1.807) is 24.3 Å². The molecule has 0 atom stereocenters. The van der Waals surface area contributed by atoms with Crippen molar-refractivity contribution in [2.45, 2.75) is 6.54 Å². The van der Waals surface area contributed by atoms with Gasteiger partial charge in [0.05, 0.1) is 44.7 Å². The summed E-state index contributed by atoms with van der Waals surface area (Å²) in [6.45, 7) is 1.44. The summed E-state index contributed by atoms with van der Waals surface area (Å²) in [7, 11) is 1.51. The molecule has 2 N–H and O–H groups in total. The van der Waals surface area contributed by atoms with Gasteiger partial charge in [-0.1, -0.05) is 20.9 Å². The third kappa shape index (κ3) is 8.51. The minimum absolute atomic E-state index is 0.192. The van der Waals surface area contributed by atoms with Crippen LogP contribution in [0.25, 0.3) is 10.9 Å². The second kappa shape index (κ2) is 14.9. The molecular formula is C25H26BrFN8O7. The highest BCUT2D eigenvalue weighted by Crippen LogP contribution is 2.35. The van der Waals surface area contributed by atoms with Gasteiger partial charge in [-0.3, -0.25) is 4.79 Å². The second-order valence-electron chi connectivity index (χ2n) is 8.41. The Kier molecular flexibility index (Phi) is 10.8. The van der Waals surface area contributed by atoms with Crippen molar-refractivity contribution in [3.8, 4) is 11.5 Å². The summed E-state index contributed by atoms with van der Waals surface area (Å²) in [6, 6.07) is 8.10. The second-order valence-corrected chi connectivity index (χ2v) is 9.33. The number of amides is 1. The van der Waals surface area contributed by atoms with Crippen molar-refractivity contribution in [3.05, 3.63) is 63.4 Å². The molecule has 0 aliphatic heterocycles. The molecule has 0 spiro atoms. The van der Waals surface area contributed by atoms with Gasteiger partial charge < -0.3 is 39.7 Å². The summed E-state index contributed by atoms with van der Waals surface area (Å²) in [5.41, 5.74) is 0.839. The van der Waals surface area contributed by atoms with E-state index in [1.165, 1.54) is 19.5 Å². The van der Waals surface area contributed by atoms with Crippen molar-refractivity contribution in [3.63, 3.8) is 0 Å². The predicted molar refractivity (Wildman–Crippen MR) is 150 cm³/mol. The molecule has 0 saturated carbocycles. The maximum Gasteiger partial charge on any atom is 0.490 e. The number of benzene rings is 2. The first-order valence-corrected chi connectivity index (χ1v) is 13.3. The molecule has 0 fully saturated rings. The number of fused-ring (bicyclic) bond motifs is 1. The lowest BCUT2D eigenvalue weighted by Gasteiger charge is -2.14. The Morgan fingerprint density at radius 2 is 1.86 bits per heavy atom. The fraction of sp³-hybridized carbons (Fsp3) is 0.320. The Hall–Kier alpha value is -4.48. The Bertz CT molecular complexity index is 1540. The summed E-state index contributed by atoms with van der Waals surface area (Å²) in [4.78, 5) is 33.7. The van der Waals surface area contributed by atoms with Crippen LogP contribution in [0.4, 0.5) is 21.8 Å². The Labute approximate surface area is 246 Å². The SMILES string of the molecule is COc1cc2c(Nc3ccc(Br)cc3F)ncnc2cc1OCCOCCOCCNC(=O)Cn1cnc([N+](=O)[O-])n1. The van der Waals surface area contributed by atoms with E-state index in [4.69, 9.17) is 18.9 Å². The van der Waals surface area contributed by atoms with Gasteiger partial charge >= 0.3 is 5.95 Å². The number of carbonyl (C=O) groups is 1. The molecule has 0 bridgehead atoms. The van der Waals surface area contributed by atoms with Gasteiger partial charge in [0, 0.05) is 27.6 Å². The molecule has 2 heterocycles. The minimum Gasteiger partial charge on any atom is -0.493 e. The van der Waals surface area contributed by atoms with Gasteiger partial charge in [-0.25, -0.2) is 14.4 Å². The van der Waals surface area contributed by atoms with E-state index in [0.717, 1.165) is 11.0 Å². The minimum atomic E-state index is -0.739. The zero-order valence-electron chi connectivity index (χ0n) is 22.3. The van der Waals surface area contributed by atoms with Gasteiger partial charge in [-0.2, -0.15) is 4.68 Å². The Morgan fingerprint density at radius 3 is 2.60 bits per heavy atom. The number of carbonyl (C=O) groups excluding carboxylic acids is 1. The highest BCUT2D eigenvalue weighted by Gasteiger charge is 2.15. The number of rotatable bonds is 16. The topological polar surface area (TPSA) is 178 Å². The van der Waals surface area contributed by atoms with Crippen molar-refractivity contribution in [1.29, 1.82) is 0 Å². The largest absolute Gasteiger partial charge is 0.493 e. The molecule has 4 rings (SSSR count). The maximum atomic E-state index is 14.3. The van der Waals surface area contributed by atoms with Gasteiger partial charge in [0.1, 0.15) is 31.1 Å². The fourth-order valence-corrected chi connectivity index (χ4v) is 3.93. The van der Waals surface area contributed by atoms with E-state index in [2.05, 4.69) is 46.6 Å². The zero-order chi connectivity index (χ0) is 29.9. The van der Waals surface area contributed by atoms with Crippen molar-refractivity contribution in [2.24, 2.45) is 0 Å². The number of nitrogens with zero attached hydrogens (tertiary/aromatic N) is 6. The lowest BCUT2D eigenvalue weighted by atomic mass is 10.2. The number of aromatic nitrogens is 5. The average molecular weight is 649 g/mol. The smallest absolute Gasteiger partial charge is 0.490 e. The molecule has 0 saturated heterocycles. The van der Waals surface area contributed by atoms with Crippen LogP contribution in [0.15, 0.2) is 47.5 Å². The van der Waals surface area contributed by atoms with Crippen LogP contribution in [0.1, 0.15) is 0 Å². The molecule has 1 amide bonds. The Morgan fingerprint density at radius 1 is 1.07 bits per heavy atom. The van der Waals surface area contributed by atoms with Gasteiger partial charge in [-0.15, -0.1) is 0 Å².